The summed E-state index contributed by atoms with van der Waals surface area (Å²) in [4.78, 5) is 17.4. The van der Waals surface area contributed by atoms with Crippen LogP contribution in [0.15, 0.2) is 48.5 Å². The first-order valence-electron chi connectivity index (χ1n) is 11.3. The molecule has 0 amide bonds. The number of carbonyl (C=O) groups excluding carboxylic acids is 1. The molecule has 2 heterocycles. The Morgan fingerprint density at radius 3 is 2.25 bits per heavy atom. The number of methoxy groups -OCH3 is 1. The van der Waals surface area contributed by atoms with Gasteiger partial charge in [0.05, 0.1) is 17.2 Å². The molecular weight excluding hydrogens is 447 g/mol. The van der Waals surface area contributed by atoms with Gasteiger partial charge in [0.2, 0.25) is 0 Å². The van der Waals surface area contributed by atoms with Crippen molar-refractivity contribution >= 4 is 29.2 Å². The Kier molecular flexibility index (Phi) is 7.95. The van der Waals surface area contributed by atoms with Crippen LogP contribution in [0, 0.1) is 0 Å². The number of rotatable bonds is 6. The lowest BCUT2D eigenvalue weighted by molar-refractivity contribution is -0.148. The molecule has 1 unspecified atom stereocenters. The monoisotopic (exact) mass is 476 g/mol. The van der Waals surface area contributed by atoms with E-state index in [-0.39, 0.29) is 18.1 Å². The van der Waals surface area contributed by atoms with Gasteiger partial charge in [0, 0.05) is 38.3 Å². The number of carbonyl (C=O) groups is 1. The number of piperidine rings is 2. The van der Waals surface area contributed by atoms with Crippen LogP contribution in [0.1, 0.15) is 37.3 Å². The molecule has 2 saturated heterocycles. The van der Waals surface area contributed by atoms with Gasteiger partial charge < -0.3 is 14.4 Å². The quantitative estimate of drug-likeness (QED) is 0.534. The van der Waals surface area contributed by atoms with Gasteiger partial charge >= 0.3 is 5.97 Å². The lowest BCUT2D eigenvalue weighted by atomic mass is 9.96. The maximum absolute atomic E-state index is 12.5. The molecule has 4 rings (SSSR count). The van der Waals surface area contributed by atoms with Crippen LogP contribution in [0.25, 0.3) is 0 Å². The number of halogens is 2. The van der Waals surface area contributed by atoms with E-state index in [0.717, 1.165) is 63.2 Å². The fourth-order valence-electron chi connectivity index (χ4n) is 4.85. The average molecular weight is 477 g/mol. The van der Waals surface area contributed by atoms with Gasteiger partial charge in [-0.2, -0.15) is 0 Å². The lowest BCUT2D eigenvalue weighted by Gasteiger charge is -2.43. The summed E-state index contributed by atoms with van der Waals surface area (Å²) >= 11 is 12.1. The fourth-order valence-corrected chi connectivity index (χ4v) is 5.14. The summed E-state index contributed by atoms with van der Waals surface area (Å²) < 4.78 is 11.3. The summed E-state index contributed by atoms with van der Waals surface area (Å²) in [7, 11) is 1.47. The van der Waals surface area contributed by atoms with Crippen molar-refractivity contribution in [1.82, 2.24) is 9.80 Å². The smallest absolute Gasteiger partial charge is 0.327 e. The molecule has 0 bridgehead atoms. The van der Waals surface area contributed by atoms with Crippen LogP contribution >= 0.6 is 23.2 Å². The minimum Gasteiger partial charge on any atom is -0.490 e. The van der Waals surface area contributed by atoms with Crippen molar-refractivity contribution in [3.63, 3.8) is 0 Å². The Balaban J connectivity index is 1.28. The van der Waals surface area contributed by atoms with Crippen LogP contribution in [0.4, 0.5) is 0 Å². The minimum atomic E-state index is -0.326. The maximum Gasteiger partial charge on any atom is 0.327 e. The Morgan fingerprint density at radius 1 is 0.938 bits per heavy atom. The predicted octanol–water partition coefficient (Wildman–Crippen LogP) is 5.22. The zero-order valence-corrected chi connectivity index (χ0v) is 19.9. The van der Waals surface area contributed by atoms with Crippen LogP contribution in [0.5, 0.6) is 5.75 Å². The van der Waals surface area contributed by atoms with Crippen molar-refractivity contribution in [2.24, 2.45) is 0 Å². The molecule has 0 saturated carbocycles. The molecule has 5 nitrogen and oxygen atoms in total. The second-order valence-electron chi connectivity index (χ2n) is 8.53. The number of nitrogens with zero attached hydrogens (tertiary/aromatic N) is 2. The van der Waals surface area contributed by atoms with E-state index in [1.165, 1.54) is 7.11 Å². The second kappa shape index (κ2) is 10.9. The first-order chi connectivity index (χ1) is 15.5. The lowest BCUT2D eigenvalue weighted by Crippen LogP contribution is -2.50. The first-order valence-corrected chi connectivity index (χ1v) is 12.0. The molecule has 2 aromatic rings. The second-order valence-corrected chi connectivity index (χ2v) is 9.35. The van der Waals surface area contributed by atoms with E-state index in [1.54, 1.807) is 12.1 Å². The molecule has 0 aliphatic carbocycles. The van der Waals surface area contributed by atoms with Gasteiger partial charge in [-0.25, -0.2) is 4.79 Å². The topological polar surface area (TPSA) is 42.0 Å². The summed E-state index contributed by atoms with van der Waals surface area (Å²) in [6.07, 6.45) is 4.30. The Morgan fingerprint density at radius 2 is 1.62 bits per heavy atom. The number of ether oxygens (including phenoxy) is 2. The molecule has 0 aromatic heterocycles. The fraction of sp³-hybridized carbons (Fsp3) is 0.480. The maximum atomic E-state index is 12.5. The highest BCUT2D eigenvalue weighted by atomic mass is 35.5. The molecule has 1 atom stereocenters. The van der Waals surface area contributed by atoms with E-state index in [4.69, 9.17) is 32.7 Å². The van der Waals surface area contributed by atoms with Gasteiger partial charge in [-0.05, 0) is 43.4 Å². The van der Waals surface area contributed by atoms with Crippen LogP contribution in [-0.2, 0) is 9.53 Å². The van der Waals surface area contributed by atoms with Crippen molar-refractivity contribution in [3.05, 3.63) is 64.1 Å². The van der Waals surface area contributed by atoms with Crippen molar-refractivity contribution in [2.75, 3.05) is 33.3 Å². The van der Waals surface area contributed by atoms with Crippen LogP contribution in [0.2, 0.25) is 10.0 Å². The minimum absolute atomic E-state index is 0.185. The molecule has 32 heavy (non-hydrogen) atoms. The van der Waals surface area contributed by atoms with E-state index in [0.29, 0.717) is 16.1 Å². The molecule has 0 spiro atoms. The molecule has 2 aromatic carbocycles. The molecule has 0 N–H and O–H groups in total. The largest absolute Gasteiger partial charge is 0.490 e. The van der Waals surface area contributed by atoms with E-state index in [2.05, 4.69) is 9.80 Å². The third-order valence-electron chi connectivity index (χ3n) is 6.59. The normalized spacial score (nSPS) is 20.1. The highest BCUT2D eigenvalue weighted by Crippen LogP contribution is 2.31. The number of esters is 1. The van der Waals surface area contributed by atoms with E-state index >= 15 is 0 Å². The Labute approximate surface area is 200 Å². The summed E-state index contributed by atoms with van der Waals surface area (Å²) in [6.45, 7) is 3.82. The Bertz CT molecular complexity index is 895. The standard InChI is InChI=1S/C25H30Cl2N2O3/c1-31-25(30)24(18-5-3-2-4-6-18)29-13-9-19(10-14-29)28-15-11-20(12-16-28)32-21-7-8-22(26)23(27)17-21/h2-8,17,19-20,24H,9-16H2,1H3. The van der Waals surface area contributed by atoms with Crippen molar-refractivity contribution in [3.8, 4) is 5.75 Å². The zero-order chi connectivity index (χ0) is 22.5. The number of benzene rings is 2. The molecule has 172 valence electrons. The molecule has 7 heteroatoms. The van der Waals surface area contributed by atoms with E-state index < -0.39 is 0 Å². The highest BCUT2D eigenvalue weighted by Gasteiger charge is 2.34. The van der Waals surface area contributed by atoms with Crippen molar-refractivity contribution < 1.29 is 14.3 Å². The van der Waals surface area contributed by atoms with Gasteiger partial charge in [-0.3, -0.25) is 4.90 Å². The molecule has 2 aliphatic rings. The third kappa shape index (κ3) is 5.57. The van der Waals surface area contributed by atoms with Gasteiger partial charge in [0.25, 0.3) is 0 Å². The third-order valence-corrected chi connectivity index (χ3v) is 7.33. The van der Waals surface area contributed by atoms with Crippen LogP contribution in [0.3, 0.4) is 0 Å². The molecule has 0 radical (unpaired) electrons. The zero-order valence-electron chi connectivity index (χ0n) is 18.4. The summed E-state index contributed by atoms with van der Waals surface area (Å²) in [6, 6.07) is 15.6. The van der Waals surface area contributed by atoms with Crippen molar-refractivity contribution in [2.45, 2.75) is 43.9 Å². The summed E-state index contributed by atoms with van der Waals surface area (Å²) in [5.41, 5.74) is 0.998. The van der Waals surface area contributed by atoms with Gasteiger partial charge in [0.1, 0.15) is 17.9 Å². The molecular formula is C25H30Cl2N2O3. The Hall–Kier alpha value is -1.79. The van der Waals surface area contributed by atoms with Crippen LogP contribution in [-0.4, -0.2) is 61.2 Å². The summed E-state index contributed by atoms with van der Waals surface area (Å²) in [5.74, 6) is 0.593. The highest BCUT2D eigenvalue weighted by molar-refractivity contribution is 6.42. The van der Waals surface area contributed by atoms with E-state index in [1.807, 2.05) is 36.4 Å². The summed E-state index contributed by atoms with van der Waals surface area (Å²) in [5, 5.41) is 1.07. The van der Waals surface area contributed by atoms with Gasteiger partial charge in [-0.15, -0.1) is 0 Å². The number of hydrogen-bond donors (Lipinski definition) is 0. The average Bonchev–Trinajstić information content (AvgIpc) is 2.83. The first kappa shape index (κ1) is 23.4. The van der Waals surface area contributed by atoms with Gasteiger partial charge in [-0.1, -0.05) is 53.5 Å². The van der Waals surface area contributed by atoms with E-state index in [9.17, 15) is 4.79 Å². The van der Waals surface area contributed by atoms with Gasteiger partial charge in [0.15, 0.2) is 0 Å². The molecule has 2 aliphatic heterocycles. The number of hydrogen-bond acceptors (Lipinski definition) is 5. The molecule has 2 fully saturated rings. The van der Waals surface area contributed by atoms with Crippen LogP contribution < -0.4 is 4.74 Å². The predicted molar refractivity (Wildman–Crippen MR) is 127 cm³/mol. The van der Waals surface area contributed by atoms with Crippen molar-refractivity contribution in [1.29, 1.82) is 0 Å². The SMILES string of the molecule is COC(=O)C(c1ccccc1)N1CCC(N2CCC(Oc3ccc(Cl)c(Cl)c3)CC2)CC1. The number of likely N-dealkylation sites (tertiary alicyclic amines) is 2.